The number of fused-ring (bicyclic) bond motifs is 1. The highest BCUT2D eigenvalue weighted by atomic mass is 32.2. The van der Waals surface area contributed by atoms with Gasteiger partial charge in [0.05, 0.1) is 23.9 Å². The third kappa shape index (κ3) is 9.31. The molecule has 6 heterocycles. The molecule has 0 bridgehead atoms. The van der Waals surface area contributed by atoms with Crippen molar-refractivity contribution in [3.8, 4) is 0 Å². The van der Waals surface area contributed by atoms with Crippen molar-refractivity contribution in [3.63, 3.8) is 0 Å². The lowest BCUT2D eigenvalue weighted by molar-refractivity contribution is -0.138. The van der Waals surface area contributed by atoms with Crippen LogP contribution >= 0.6 is 0 Å². The third-order valence-electron chi connectivity index (χ3n) is 11.9. The number of amides is 4. The Kier molecular flexibility index (Phi) is 12.2. The van der Waals surface area contributed by atoms with Gasteiger partial charge in [0, 0.05) is 101 Å². The Morgan fingerprint density at radius 1 is 0.891 bits per heavy atom. The fourth-order valence-corrected chi connectivity index (χ4v) is 8.88. The molecular formula is C41H44F4N12O6S. The molecule has 64 heavy (non-hydrogen) atoms. The van der Waals surface area contributed by atoms with Crippen LogP contribution in [0.15, 0.2) is 55.0 Å². The van der Waals surface area contributed by atoms with E-state index >= 15 is 4.39 Å². The van der Waals surface area contributed by atoms with Crippen LogP contribution in [0.25, 0.3) is 0 Å². The van der Waals surface area contributed by atoms with Crippen LogP contribution < -0.4 is 25.2 Å². The van der Waals surface area contributed by atoms with Gasteiger partial charge in [-0.25, -0.2) is 22.8 Å². The minimum absolute atomic E-state index is 0.00760. The number of nitrogens with one attached hydrogen (secondary N) is 3. The van der Waals surface area contributed by atoms with Crippen molar-refractivity contribution in [2.75, 3.05) is 72.4 Å². The maximum absolute atomic E-state index is 15.3. The Balaban J connectivity index is 0.828. The molecule has 1 atom stereocenters. The Morgan fingerprint density at radius 3 is 2.22 bits per heavy atom. The minimum atomic E-state index is -4.79. The second-order valence-electron chi connectivity index (χ2n) is 16.0. The molecular weight excluding hydrogens is 865 g/mol. The molecule has 4 aliphatic heterocycles. The largest absolute Gasteiger partial charge is 0.421 e. The highest BCUT2D eigenvalue weighted by Gasteiger charge is 2.45. The van der Waals surface area contributed by atoms with Crippen molar-refractivity contribution in [2.45, 2.75) is 57.0 Å². The van der Waals surface area contributed by atoms with Crippen LogP contribution in [0.3, 0.4) is 0 Å². The van der Waals surface area contributed by atoms with Crippen LogP contribution in [0.5, 0.6) is 0 Å². The first-order chi connectivity index (χ1) is 30.4. The highest BCUT2D eigenvalue weighted by Crippen LogP contribution is 2.35. The van der Waals surface area contributed by atoms with Gasteiger partial charge in [-0.2, -0.15) is 18.2 Å². The predicted molar refractivity (Wildman–Crippen MR) is 225 cm³/mol. The predicted octanol–water partition coefficient (Wildman–Crippen LogP) is 3.36. The number of anilines is 5. The van der Waals surface area contributed by atoms with Crippen molar-refractivity contribution in [3.05, 3.63) is 88.8 Å². The van der Waals surface area contributed by atoms with Gasteiger partial charge in [0.15, 0.2) is 5.82 Å². The lowest BCUT2D eigenvalue weighted by Crippen LogP contribution is -2.54. The van der Waals surface area contributed by atoms with Crippen LogP contribution in [0, 0.1) is 5.82 Å². The fraction of sp³-hybridized carbons (Fsp3) is 0.415. The molecule has 0 spiro atoms. The molecule has 23 heteroatoms. The molecule has 4 amide bonds. The maximum atomic E-state index is 15.3. The van der Waals surface area contributed by atoms with Crippen LogP contribution in [0.4, 0.5) is 46.5 Å². The zero-order chi connectivity index (χ0) is 45.5. The van der Waals surface area contributed by atoms with E-state index in [1.54, 1.807) is 12.1 Å². The summed E-state index contributed by atoms with van der Waals surface area (Å²) < 4.78 is 82.3. The smallest absolute Gasteiger partial charge is 0.371 e. The van der Waals surface area contributed by atoms with E-state index in [-0.39, 0.29) is 60.1 Å². The summed E-state index contributed by atoms with van der Waals surface area (Å²) in [6.07, 6.45) is 1.26. The van der Waals surface area contributed by atoms with Crippen molar-refractivity contribution >= 4 is 62.6 Å². The average Bonchev–Trinajstić information content (AvgIpc) is 3.49. The number of hydrogen-bond donors (Lipinski definition) is 3. The van der Waals surface area contributed by atoms with Gasteiger partial charge in [0.2, 0.25) is 27.8 Å². The highest BCUT2D eigenvalue weighted by molar-refractivity contribution is 7.92. The molecule has 4 aliphatic rings. The van der Waals surface area contributed by atoms with E-state index in [2.05, 4.69) is 50.6 Å². The normalized spacial score (nSPS) is 19.2. The first kappa shape index (κ1) is 44.3. The minimum Gasteiger partial charge on any atom is -0.371 e. The number of aromatic nitrogens is 4. The van der Waals surface area contributed by atoms with Crippen LogP contribution in [-0.2, 0) is 38.9 Å². The zero-order valence-electron chi connectivity index (χ0n) is 34.7. The molecule has 4 aromatic rings. The summed E-state index contributed by atoms with van der Waals surface area (Å²) in [5, 5.41) is 7.74. The number of alkyl halides is 3. The second-order valence-corrected chi connectivity index (χ2v) is 18.0. The number of piperidine rings is 2. The Labute approximate surface area is 365 Å². The summed E-state index contributed by atoms with van der Waals surface area (Å²) >= 11 is 0. The van der Waals surface area contributed by atoms with Gasteiger partial charge in [-0.05, 0) is 55.7 Å². The summed E-state index contributed by atoms with van der Waals surface area (Å²) in [6, 6.07) is 9.08. The van der Waals surface area contributed by atoms with Crippen molar-refractivity contribution in [1.82, 2.24) is 40.0 Å². The molecule has 2 aromatic heterocycles. The number of carbonyl (C=O) groups excluding carboxylic acids is 4. The molecule has 2 aromatic carbocycles. The number of nitrogens with zero attached hydrogens (tertiary/aromatic N) is 9. The Hall–Kier alpha value is -6.33. The molecule has 1 unspecified atom stereocenters. The van der Waals surface area contributed by atoms with Gasteiger partial charge in [0.25, 0.3) is 11.8 Å². The average molecular weight is 909 g/mol. The number of halogens is 4. The van der Waals surface area contributed by atoms with Crippen LogP contribution in [0.1, 0.15) is 63.2 Å². The quantitative estimate of drug-likeness (QED) is 0.138. The van der Waals surface area contributed by atoms with E-state index in [9.17, 15) is 40.8 Å². The number of imide groups is 2. The monoisotopic (exact) mass is 908 g/mol. The summed E-state index contributed by atoms with van der Waals surface area (Å²) in [5.41, 5.74) is 0.728. The lowest BCUT2D eigenvalue weighted by Gasteiger charge is -2.43. The number of carbonyl (C=O) groups is 4. The molecule has 3 fully saturated rings. The number of piperazine rings is 1. The van der Waals surface area contributed by atoms with E-state index in [1.165, 1.54) is 25.5 Å². The van der Waals surface area contributed by atoms with Crippen molar-refractivity contribution < 1.29 is 45.2 Å². The number of sulfonamides is 1. The first-order valence-electron chi connectivity index (χ1n) is 20.5. The summed E-state index contributed by atoms with van der Waals surface area (Å²) in [5.74, 6) is -3.90. The maximum Gasteiger partial charge on any atom is 0.421 e. The molecule has 8 rings (SSSR count). The van der Waals surface area contributed by atoms with Gasteiger partial charge in [0.1, 0.15) is 28.9 Å². The van der Waals surface area contributed by atoms with Crippen molar-refractivity contribution in [1.29, 1.82) is 0 Å². The number of rotatable bonds is 12. The first-order valence-corrected chi connectivity index (χ1v) is 22.3. The lowest BCUT2D eigenvalue weighted by atomic mass is 10.0. The molecule has 0 aliphatic carbocycles. The van der Waals surface area contributed by atoms with Crippen LogP contribution in [0.2, 0.25) is 0 Å². The van der Waals surface area contributed by atoms with Crippen LogP contribution in [-0.4, -0.2) is 131 Å². The van der Waals surface area contributed by atoms with Gasteiger partial charge < -0.3 is 15.5 Å². The standard InChI is InChI=1S/C41H44F4N12O6S/c1-53(64(2,62)63)36-32(46-11-12-47-36)22-48-35-30(41(43,44)45)21-49-40(52-35)50-25-3-5-26(6-4-25)55-13-9-27(10-14-55)56-17-15-54(16-18-56)23-24-19-28-29(20-31(24)42)39(61)57(38(28)60)33-7-8-34(58)51-37(33)59/h3-6,11-12,19-21,27,33H,7-10,13-18,22-23H2,1-2H3,(H,51,58,59)(H2,48,49,50,52). The van der Waals surface area contributed by atoms with E-state index in [0.717, 1.165) is 66.2 Å². The number of benzene rings is 2. The van der Waals surface area contributed by atoms with Gasteiger partial charge >= 0.3 is 6.18 Å². The SMILES string of the molecule is CN(c1nccnc1CNc1nc(Nc2ccc(N3CCC(N4CCN(Cc5cc6c(cc5F)C(=O)N(C5CCC(=O)NC5=O)C6=O)CC4)CC3)cc2)ncc1C(F)(F)F)S(C)(=O)=O. The third-order valence-corrected chi connectivity index (χ3v) is 13.1. The summed E-state index contributed by atoms with van der Waals surface area (Å²) in [6.45, 7) is 4.41. The second kappa shape index (κ2) is 17.7. The number of hydrogen-bond acceptors (Lipinski definition) is 15. The Bertz CT molecular complexity index is 2590. The zero-order valence-corrected chi connectivity index (χ0v) is 35.5. The fourth-order valence-electron chi connectivity index (χ4n) is 8.41. The van der Waals surface area contributed by atoms with E-state index in [4.69, 9.17) is 0 Å². The topological polar surface area (TPSA) is 206 Å². The molecule has 18 nitrogen and oxygen atoms in total. The molecule has 3 N–H and O–H groups in total. The van der Waals surface area contributed by atoms with E-state index in [1.807, 2.05) is 12.1 Å². The molecule has 338 valence electrons. The van der Waals surface area contributed by atoms with Gasteiger partial charge in [-0.3, -0.25) is 48.5 Å². The summed E-state index contributed by atoms with van der Waals surface area (Å²) in [7, 11) is -2.46. The molecule has 3 saturated heterocycles. The molecule has 0 radical (unpaired) electrons. The van der Waals surface area contributed by atoms with Gasteiger partial charge in [-0.1, -0.05) is 0 Å². The Morgan fingerprint density at radius 2 is 1.56 bits per heavy atom. The van der Waals surface area contributed by atoms with E-state index < -0.39 is 63.1 Å². The van der Waals surface area contributed by atoms with Gasteiger partial charge in [-0.15, -0.1) is 0 Å². The summed E-state index contributed by atoms with van der Waals surface area (Å²) in [4.78, 5) is 74.2. The van der Waals surface area contributed by atoms with Crippen molar-refractivity contribution in [2.24, 2.45) is 0 Å². The van der Waals surface area contributed by atoms with E-state index in [0.29, 0.717) is 31.0 Å². The molecule has 0 saturated carbocycles.